The first-order chi connectivity index (χ1) is 10.5. The van der Waals surface area contributed by atoms with Crippen molar-refractivity contribution < 1.29 is 23.0 Å². The molecule has 1 aliphatic heterocycles. The zero-order valence-corrected chi connectivity index (χ0v) is 11.9. The van der Waals surface area contributed by atoms with E-state index in [1.807, 2.05) is 6.07 Å². The third kappa shape index (κ3) is 3.45. The number of pyridine rings is 1. The van der Waals surface area contributed by atoms with Crippen LogP contribution in [0, 0.1) is 0 Å². The number of nitrogens with zero attached hydrogens (tertiary/aromatic N) is 1. The number of nitrogens with one attached hydrogen (secondary N) is 1. The van der Waals surface area contributed by atoms with Crippen molar-refractivity contribution >= 4 is 23.4 Å². The number of aromatic nitrogens is 1. The van der Waals surface area contributed by atoms with E-state index >= 15 is 0 Å². The molecule has 3 rings (SSSR count). The minimum atomic E-state index is -3.67. The molecule has 1 aromatic heterocycles. The molecule has 0 atom stereocenters. The molecule has 1 aromatic carbocycles. The number of benzene rings is 1. The summed E-state index contributed by atoms with van der Waals surface area (Å²) in [6.07, 6.45) is -2.03. The van der Waals surface area contributed by atoms with Crippen molar-refractivity contribution in [3.05, 3.63) is 42.6 Å². The van der Waals surface area contributed by atoms with Gasteiger partial charge in [-0.15, -0.1) is 8.78 Å². The second-order valence-corrected chi connectivity index (χ2v) is 5.33. The molecule has 1 amide bonds. The summed E-state index contributed by atoms with van der Waals surface area (Å²) in [4.78, 5) is 15.9. The lowest BCUT2D eigenvalue weighted by Gasteiger charge is -2.05. The van der Waals surface area contributed by atoms with E-state index in [1.165, 1.54) is 30.0 Å². The van der Waals surface area contributed by atoms with Crippen LogP contribution in [0.5, 0.6) is 11.5 Å². The van der Waals surface area contributed by atoms with Gasteiger partial charge >= 0.3 is 6.29 Å². The summed E-state index contributed by atoms with van der Waals surface area (Å²) in [6.45, 7) is 0. The Kier molecular flexibility index (Phi) is 3.84. The van der Waals surface area contributed by atoms with Crippen LogP contribution in [0.4, 0.5) is 14.5 Å². The summed E-state index contributed by atoms with van der Waals surface area (Å²) >= 11 is 1.27. The van der Waals surface area contributed by atoms with Gasteiger partial charge in [0.25, 0.3) is 0 Å². The van der Waals surface area contributed by atoms with E-state index in [0.29, 0.717) is 5.69 Å². The summed E-state index contributed by atoms with van der Waals surface area (Å²) in [6, 6.07) is 9.47. The third-order valence-corrected chi connectivity index (χ3v) is 3.62. The van der Waals surface area contributed by atoms with E-state index in [4.69, 9.17) is 0 Å². The standard InChI is InChI=1S/C14H10F2N2O3S/c15-14(16)20-10-5-4-9(7-11(10)21-14)18-12(19)8-22-13-3-1-2-6-17-13/h1-7H,8H2,(H,18,19). The van der Waals surface area contributed by atoms with Crippen LogP contribution in [0.1, 0.15) is 0 Å². The molecular formula is C14H10F2N2O3S. The van der Waals surface area contributed by atoms with Gasteiger partial charge in [-0.05, 0) is 24.3 Å². The molecule has 0 fully saturated rings. The number of anilines is 1. The number of thioether (sulfide) groups is 1. The minimum Gasteiger partial charge on any atom is -0.395 e. The number of hydrogen-bond acceptors (Lipinski definition) is 5. The first-order valence-corrected chi connectivity index (χ1v) is 7.24. The average Bonchev–Trinajstić information content (AvgIpc) is 2.79. The smallest absolute Gasteiger partial charge is 0.395 e. The fraction of sp³-hybridized carbons (Fsp3) is 0.143. The van der Waals surface area contributed by atoms with E-state index in [9.17, 15) is 13.6 Å². The number of carbonyl (C=O) groups excluding carboxylic acids is 1. The van der Waals surface area contributed by atoms with Crippen LogP contribution >= 0.6 is 11.8 Å². The van der Waals surface area contributed by atoms with Crippen molar-refractivity contribution in [1.82, 2.24) is 4.98 Å². The Labute approximate surface area is 128 Å². The Morgan fingerprint density at radius 3 is 2.82 bits per heavy atom. The summed E-state index contributed by atoms with van der Waals surface area (Å²) in [5.74, 6) is -0.297. The molecule has 8 heteroatoms. The van der Waals surface area contributed by atoms with Crippen LogP contribution in [0.3, 0.4) is 0 Å². The Morgan fingerprint density at radius 2 is 2.05 bits per heavy atom. The van der Waals surface area contributed by atoms with E-state index in [-0.39, 0.29) is 23.2 Å². The van der Waals surface area contributed by atoms with Crippen LogP contribution in [0.15, 0.2) is 47.6 Å². The van der Waals surface area contributed by atoms with E-state index in [0.717, 1.165) is 5.03 Å². The van der Waals surface area contributed by atoms with E-state index in [2.05, 4.69) is 19.8 Å². The Morgan fingerprint density at radius 1 is 1.23 bits per heavy atom. The van der Waals surface area contributed by atoms with Gasteiger partial charge in [-0.2, -0.15) is 0 Å². The number of amides is 1. The summed E-state index contributed by atoms with van der Waals surface area (Å²) in [5.41, 5.74) is 0.353. The maximum Gasteiger partial charge on any atom is 0.586 e. The average molecular weight is 324 g/mol. The molecule has 114 valence electrons. The molecule has 0 radical (unpaired) electrons. The lowest BCUT2D eigenvalue weighted by molar-refractivity contribution is -0.286. The molecule has 0 saturated heterocycles. The highest BCUT2D eigenvalue weighted by Crippen LogP contribution is 2.42. The molecule has 0 saturated carbocycles. The fourth-order valence-corrected chi connectivity index (χ4v) is 2.46. The van der Waals surface area contributed by atoms with Gasteiger partial charge in [-0.1, -0.05) is 17.8 Å². The van der Waals surface area contributed by atoms with Crippen LogP contribution in [-0.2, 0) is 4.79 Å². The normalized spacial score (nSPS) is 14.6. The number of carbonyl (C=O) groups is 1. The second kappa shape index (κ2) is 5.80. The number of fused-ring (bicyclic) bond motifs is 1. The summed E-state index contributed by atoms with van der Waals surface area (Å²) in [5, 5.41) is 3.33. The monoisotopic (exact) mass is 324 g/mol. The van der Waals surface area contributed by atoms with Crippen molar-refractivity contribution in [3.63, 3.8) is 0 Å². The number of alkyl halides is 2. The SMILES string of the molecule is O=C(CSc1ccccn1)Nc1ccc2c(c1)OC(F)(F)O2. The molecule has 1 aliphatic rings. The summed E-state index contributed by atoms with van der Waals surface area (Å²) < 4.78 is 34.4. The van der Waals surface area contributed by atoms with E-state index in [1.54, 1.807) is 18.3 Å². The maximum absolute atomic E-state index is 12.9. The quantitative estimate of drug-likeness (QED) is 0.876. The van der Waals surface area contributed by atoms with E-state index < -0.39 is 6.29 Å². The second-order valence-electron chi connectivity index (χ2n) is 4.33. The van der Waals surface area contributed by atoms with Crippen molar-refractivity contribution in [2.75, 3.05) is 11.1 Å². The largest absolute Gasteiger partial charge is 0.586 e. The number of ether oxygens (including phenoxy) is 2. The topological polar surface area (TPSA) is 60.5 Å². The van der Waals surface area contributed by atoms with Gasteiger partial charge in [0.1, 0.15) is 0 Å². The predicted molar refractivity (Wildman–Crippen MR) is 76.2 cm³/mol. The molecule has 5 nitrogen and oxygen atoms in total. The molecule has 2 aromatic rings. The molecule has 0 aliphatic carbocycles. The fourth-order valence-electron chi connectivity index (χ4n) is 1.80. The number of hydrogen-bond donors (Lipinski definition) is 1. The lowest BCUT2D eigenvalue weighted by atomic mass is 10.3. The molecule has 1 N–H and O–H groups in total. The van der Waals surface area contributed by atoms with Crippen molar-refractivity contribution in [2.24, 2.45) is 0 Å². The third-order valence-electron chi connectivity index (χ3n) is 2.67. The molecular weight excluding hydrogens is 314 g/mol. The lowest BCUT2D eigenvalue weighted by Crippen LogP contribution is -2.25. The number of halogens is 2. The molecule has 0 spiro atoms. The van der Waals surface area contributed by atoms with Gasteiger partial charge in [0.2, 0.25) is 5.91 Å². The first-order valence-electron chi connectivity index (χ1n) is 6.25. The van der Waals surface area contributed by atoms with Gasteiger partial charge in [0.05, 0.1) is 10.8 Å². The van der Waals surface area contributed by atoms with Crippen LogP contribution in [0.2, 0.25) is 0 Å². The first kappa shape index (κ1) is 14.6. The zero-order chi connectivity index (χ0) is 15.6. The Hall–Kier alpha value is -2.35. The highest BCUT2D eigenvalue weighted by atomic mass is 32.2. The Bertz CT molecular complexity index is 698. The van der Waals surface area contributed by atoms with Crippen molar-refractivity contribution in [2.45, 2.75) is 11.3 Å². The van der Waals surface area contributed by atoms with Gasteiger partial charge in [0.15, 0.2) is 11.5 Å². The Balaban J connectivity index is 1.59. The zero-order valence-electron chi connectivity index (χ0n) is 11.1. The van der Waals surface area contributed by atoms with Crippen LogP contribution in [0.25, 0.3) is 0 Å². The van der Waals surface area contributed by atoms with Crippen LogP contribution in [-0.4, -0.2) is 22.9 Å². The van der Waals surface area contributed by atoms with Gasteiger partial charge in [0, 0.05) is 18.0 Å². The highest BCUT2D eigenvalue weighted by molar-refractivity contribution is 7.99. The van der Waals surface area contributed by atoms with Gasteiger partial charge < -0.3 is 14.8 Å². The predicted octanol–water partition coefficient (Wildman–Crippen LogP) is 3.13. The molecule has 0 unspecified atom stereocenters. The van der Waals surface area contributed by atoms with Crippen molar-refractivity contribution in [3.8, 4) is 11.5 Å². The van der Waals surface area contributed by atoms with Crippen LogP contribution < -0.4 is 14.8 Å². The maximum atomic E-state index is 12.9. The van der Waals surface area contributed by atoms with Gasteiger partial charge in [-0.3, -0.25) is 4.79 Å². The molecule has 2 heterocycles. The highest BCUT2D eigenvalue weighted by Gasteiger charge is 2.43. The molecule has 0 bridgehead atoms. The van der Waals surface area contributed by atoms with Gasteiger partial charge in [-0.25, -0.2) is 4.98 Å². The summed E-state index contributed by atoms with van der Waals surface area (Å²) in [7, 11) is 0. The number of rotatable bonds is 4. The molecule has 22 heavy (non-hydrogen) atoms. The van der Waals surface area contributed by atoms with Crippen molar-refractivity contribution in [1.29, 1.82) is 0 Å². The minimum absolute atomic E-state index is 0.0640.